The molecule has 1 heterocycles. The van der Waals surface area contributed by atoms with E-state index in [1.165, 1.54) is 9.96 Å². The fourth-order valence-corrected chi connectivity index (χ4v) is 9.03. The molecule has 8 heteroatoms. The summed E-state index contributed by atoms with van der Waals surface area (Å²) < 4.78 is 0. The lowest BCUT2D eigenvalue weighted by molar-refractivity contribution is -0.233. The van der Waals surface area contributed by atoms with Crippen molar-refractivity contribution in [1.82, 2.24) is 5.06 Å². The summed E-state index contributed by atoms with van der Waals surface area (Å²) in [6, 6.07) is 8.87. The summed E-state index contributed by atoms with van der Waals surface area (Å²) >= 11 is 0. The van der Waals surface area contributed by atoms with E-state index in [2.05, 4.69) is 6.92 Å². The van der Waals surface area contributed by atoms with Crippen LogP contribution >= 0.6 is 0 Å². The maximum Gasteiger partial charge on any atom is 0.348 e. The number of aliphatic hydroxyl groups excluding tert-OH is 2. The van der Waals surface area contributed by atoms with Gasteiger partial charge >= 0.3 is 6.03 Å². The molecular formula is C30H36N2O6. The van der Waals surface area contributed by atoms with Crippen molar-refractivity contribution < 1.29 is 29.4 Å². The number of para-hydroxylation sites is 1. The number of nitrogens with zero attached hydrogens (tertiary/aromatic N) is 2. The highest BCUT2D eigenvalue weighted by Gasteiger charge is 2.75. The number of urea groups is 1. The van der Waals surface area contributed by atoms with Crippen LogP contribution in [0.5, 0.6) is 0 Å². The minimum absolute atomic E-state index is 0.00687. The zero-order valence-corrected chi connectivity index (χ0v) is 22.2. The van der Waals surface area contributed by atoms with E-state index < -0.39 is 34.9 Å². The van der Waals surface area contributed by atoms with E-state index in [-0.39, 0.29) is 42.0 Å². The lowest BCUT2D eigenvalue weighted by Crippen LogP contribution is -2.63. The predicted octanol–water partition coefficient (Wildman–Crippen LogP) is 3.30. The fourth-order valence-electron chi connectivity index (χ4n) is 9.03. The van der Waals surface area contributed by atoms with Gasteiger partial charge in [0.05, 0.1) is 12.6 Å². The van der Waals surface area contributed by atoms with Crippen LogP contribution in [0.15, 0.2) is 54.1 Å². The summed E-state index contributed by atoms with van der Waals surface area (Å²) in [5.41, 5.74) is -0.778. The second-order valence-corrected chi connectivity index (χ2v) is 12.3. The van der Waals surface area contributed by atoms with E-state index in [1.54, 1.807) is 19.2 Å². The predicted molar refractivity (Wildman–Crippen MR) is 140 cm³/mol. The van der Waals surface area contributed by atoms with Gasteiger partial charge in [0.2, 0.25) is 0 Å². The molecule has 8 atom stereocenters. The van der Waals surface area contributed by atoms with Crippen molar-refractivity contribution in [3.05, 3.63) is 54.1 Å². The zero-order valence-electron chi connectivity index (χ0n) is 22.2. The molecule has 0 bridgehead atoms. The van der Waals surface area contributed by atoms with Crippen LogP contribution < -0.4 is 4.90 Å². The van der Waals surface area contributed by atoms with Crippen LogP contribution in [0.2, 0.25) is 0 Å². The second kappa shape index (κ2) is 8.60. The molecule has 8 nitrogen and oxygen atoms in total. The number of fused-ring (bicyclic) bond motifs is 7. The molecule has 8 unspecified atom stereocenters. The molecule has 4 aliphatic carbocycles. The number of carbonyl (C=O) groups is 3. The number of allylic oxidation sites excluding steroid dienone is 4. The van der Waals surface area contributed by atoms with Gasteiger partial charge in [-0.2, -0.15) is 0 Å². The monoisotopic (exact) mass is 520 g/mol. The number of amides is 2. The molecule has 3 saturated carbocycles. The van der Waals surface area contributed by atoms with Crippen LogP contribution in [-0.2, 0) is 14.4 Å². The first-order valence-electron chi connectivity index (χ1n) is 13.6. The van der Waals surface area contributed by atoms with Crippen molar-refractivity contribution in [3.63, 3.8) is 0 Å². The fraction of sp³-hybridized carbons (Fsp3) is 0.567. The molecule has 0 aromatic heterocycles. The van der Waals surface area contributed by atoms with Gasteiger partial charge in [0.1, 0.15) is 6.61 Å². The van der Waals surface area contributed by atoms with Gasteiger partial charge in [0, 0.05) is 35.4 Å². The van der Waals surface area contributed by atoms with Crippen molar-refractivity contribution in [2.45, 2.75) is 51.2 Å². The van der Waals surface area contributed by atoms with Crippen molar-refractivity contribution in [1.29, 1.82) is 0 Å². The number of hydroxylamine groups is 2. The Balaban J connectivity index is 1.35. The number of hydrogen-bond acceptors (Lipinski definition) is 6. The molecule has 5 aliphatic rings. The Morgan fingerprint density at radius 1 is 1.21 bits per heavy atom. The maximum atomic E-state index is 13.6. The third-order valence-corrected chi connectivity index (χ3v) is 10.7. The van der Waals surface area contributed by atoms with Gasteiger partial charge in [-0.15, -0.1) is 0 Å². The summed E-state index contributed by atoms with van der Waals surface area (Å²) in [5, 5.41) is 23.1. The first-order chi connectivity index (χ1) is 18.1. The third kappa shape index (κ3) is 3.23. The molecular weight excluding hydrogens is 484 g/mol. The average molecular weight is 521 g/mol. The number of hydrogen-bond donors (Lipinski definition) is 2. The molecule has 6 rings (SSSR count). The van der Waals surface area contributed by atoms with Gasteiger partial charge in [-0.25, -0.2) is 9.86 Å². The van der Waals surface area contributed by atoms with Gasteiger partial charge in [0.25, 0.3) is 0 Å². The van der Waals surface area contributed by atoms with Crippen LogP contribution in [0, 0.1) is 34.5 Å². The number of ketones is 2. The number of rotatable bonds is 3. The van der Waals surface area contributed by atoms with Gasteiger partial charge in [-0.3, -0.25) is 19.3 Å². The molecule has 4 fully saturated rings. The van der Waals surface area contributed by atoms with Crippen LogP contribution in [0.4, 0.5) is 10.5 Å². The Hall–Kier alpha value is -2.81. The molecule has 1 aliphatic heterocycles. The first kappa shape index (κ1) is 25.5. The Morgan fingerprint density at radius 3 is 2.66 bits per heavy atom. The first-order valence-corrected chi connectivity index (χ1v) is 13.6. The number of Topliss-reactive ketones (excluding diaryl/α,β-unsaturated/α-hetero) is 1. The molecule has 0 spiro atoms. The van der Waals surface area contributed by atoms with E-state index in [1.807, 2.05) is 43.3 Å². The summed E-state index contributed by atoms with van der Waals surface area (Å²) in [7, 11) is 1.67. The third-order valence-electron chi connectivity index (χ3n) is 10.7. The number of carbonyl (C=O) groups excluding carboxylic acids is 3. The largest absolute Gasteiger partial charge is 0.393 e. The second-order valence-electron chi connectivity index (χ2n) is 12.3. The highest BCUT2D eigenvalue weighted by atomic mass is 16.7. The van der Waals surface area contributed by atoms with Gasteiger partial charge in [0.15, 0.2) is 17.2 Å². The molecule has 38 heavy (non-hydrogen) atoms. The summed E-state index contributed by atoms with van der Waals surface area (Å²) in [6.07, 6.45) is 7.17. The molecule has 1 saturated heterocycles. The van der Waals surface area contributed by atoms with Crippen LogP contribution in [0.25, 0.3) is 0 Å². The van der Waals surface area contributed by atoms with Crippen LogP contribution in [-0.4, -0.2) is 64.8 Å². The van der Waals surface area contributed by atoms with E-state index in [4.69, 9.17) is 4.84 Å². The zero-order chi connectivity index (χ0) is 27.0. The highest BCUT2D eigenvalue weighted by molar-refractivity contribution is 6.01. The summed E-state index contributed by atoms with van der Waals surface area (Å²) in [6.45, 7) is 3.69. The maximum absolute atomic E-state index is 13.6. The van der Waals surface area contributed by atoms with Gasteiger partial charge in [-0.1, -0.05) is 43.7 Å². The quantitative estimate of drug-likeness (QED) is 0.633. The van der Waals surface area contributed by atoms with Crippen molar-refractivity contribution in [2.24, 2.45) is 34.5 Å². The Bertz CT molecular complexity index is 1240. The van der Waals surface area contributed by atoms with Gasteiger partial charge < -0.3 is 10.2 Å². The van der Waals surface area contributed by atoms with Crippen molar-refractivity contribution >= 4 is 23.3 Å². The number of benzene rings is 1. The normalized spacial score (nSPS) is 41.1. The molecule has 2 N–H and O–H groups in total. The Morgan fingerprint density at radius 2 is 1.95 bits per heavy atom. The molecule has 1 aromatic rings. The van der Waals surface area contributed by atoms with E-state index >= 15 is 0 Å². The SMILES string of the molecule is CN(C(=O)N1CC2CC3C4CCC5=CC(=O)C=CC5(C)C4C(O)CC3(C)C2(C(=O)CO)O1)c1ccccc1. The standard InChI is InChI=1S/C30H36N2O6/c1-28-12-11-21(34)13-18(28)9-10-22-23-14-19-16-32(27(37)31(3)20-7-5-4-6-8-20)38-30(19,25(36)17-33)29(23,2)15-24(35)26(22)28/h4-8,11-13,19,22-24,26,33,35H,9-10,14-17H2,1-3H3. The molecule has 1 aromatic carbocycles. The van der Waals surface area contributed by atoms with Crippen LogP contribution in [0.1, 0.15) is 39.5 Å². The lowest BCUT2D eigenvalue weighted by atomic mass is 9.46. The van der Waals surface area contributed by atoms with Crippen molar-refractivity contribution in [3.8, 4) is 0 Å². The van der Waals surface area contributed by atoms with Gasteiger partial charge in [-0.05, 0) is 61.8 Å². The van der Waals surface area contributed by atoms with E-state index in [9.17, 15) is 24.6 Å². The van der Waals surface area contributed by atoms with E-state index in [0.717, 1.165) is 18.4 Å². The summed E-state index contributed by atoms with van der Waals surface area (Å²) in [4.78, 5) is 47.1. The average Bonchev–Trinajstić information content (AvgIpc) is 3.41. The topological polar surface area (TPSA) is 107 Å². The smallest absolute Gasteiger partial charge is 0.348 e. The minimum Gasteiger partial charge on any atom is -0.393 e. The summed E-state index contributed by atoms with van der Waals surface area (Å²) in [5.74, 6) is -0.604. The number of aliphatic hydroxyl groups is 2. The Kier molecular flexibility index (Phi) is 5.76. The molecule has 0 radical (unpaired) electrons. The Labute approximate surface area is 222 Å². The minimum atomic E-state index is -1.39. The highest BCUT2D eigenvalue weighted by Crippen LogP contribution is 2.70. The lowest BCUT2D eigenvalue weighted by Gasteiger charge is -2.59. The molecule has 2 amide bonds. The van der Waals surface area contributed by atoms with Crippen molar-refractivity contribution in [2.75, 3.05) is 25.1 Å². The molecule has 202 valence electrons. The van der Waals surface area contributed by atoms with E-state index in [0.29, 0.717) is 18.5 Å². The van der Waals surface area contributed by atoms with Crippen LogP contribution in [0.3, 0.4) is 0 Å². The number of anilines is 1.